The molecule has 0 atom stereocenters. The minimum atomic E-state index is -0.107. The van der Waals surface area contributed by atoms with Crippen molar-refractivity contribution in [3.05, 3.63) is 48.5 Å². The zero-order chi connectivity index (χ0) is 17.4. The van der Waals surface area contributed by atoms with Gasteiger partial charge in [-0.25, -0.2) is 0 Å². The van der Waals surface area contributed by atoms with Gasteiger partial charge in [-0.1, -0.05) is 6.07 Å². The molecule has 0 radical (unpaired) electrons. The quantitative estimate of drug-likeness (QED) is 0.730. The van der Waals surface area contributed by atoms with E-state index in [1.54, 1.807) is 25.3 Å². The van der Waals surface area contributed by atoms with Crippen LogP contribution in [-0.2, 0) is 9.59 Å². The molecule has 2 amide bonds. The van der Waals surface area contributed by atoms with Crippen LogP contribution in [0.1, 0.15) is 13.3 Å². The fourth-order valence-corrected chi connectivity index (χ4v) is 2.12. The van der Waals surface area contributed by atoms with Crippen LogP contribution in [0.4, 0.5) is 17.1 Å². The van der Waals surface area contributed by atoms with Crippen molar-refractivity contribution in [2.24, 2.45) is 0 Å². The van der Waals surface area contributed by atoms with Gasteiger partial charge < -0.3 is 20.7 Å². The molecule has 0 aliphatic rings. The SMILES string of the molecule is COc1cccc(NC(=O)CCNc2ccc(NC(C)=O)cc2)c1. The van der Waals surface area contributed by atoms with Gasteiger partial charge >= 0.3 is 0 Å². The number of hydrogen-bond donors (Lipinski definition) is 3. The summed E-state index contributed by atoms with van der Waals surface area (Å²) in [6.07, 6.45) is 0.338. The van der Waals surface area contributed by atoms with Crippen LogP contribution in [0.2, 0.25) is 0 Å². The summed E-state index contributed by atoms with van der Waals surface area (Å²) in [7, 11) is 1.59. The van der Waals surface area contributed by atoms with Gasteiger partial charge in [-0.3, -0.25) is 9.59 Å². The van der Waals surface area contributed by atoms with Gasteiger partial charge in [0.2, 0.25) is 11.8 Å². The molecule has 0 unspecified atom stereocenters. The number of carbonyl (C=O) groups is 2. The molecule has 2 rings (SSSR count). The Morgan fingerprint density at radius 2 is 1.67 bits per heavy atom. The van der Waals surface area contributed by atoms with E-state index >= 15 is 0 Å². The highest BCUT2D eigenvalue weighted by Gasteiger charge is 2.03. The van der Waals surface area contributed by atoms with E-state index in [0.29, 0.717) is 24.4 Å². The molecule has 2 aromatic carbocycles. The van der Waals surface area contributed by atoms with E-state index in [4.69, 9.17) is 4.74 Å². The maximum atomic E-state index is 11.9. The van der Waals surface area contributed by atoms with Gasteiger partial charge in [-0.05, 0) is 36.4 Å². The molecule has 0 spiro atoms. The van der Waals surface area contributed by atoms with Gasteiger partial charge in [0.05, 0.1) is 7.11 Å². The summed E-state index contributed by atoms with van der Waals surface area (Å²) in [5.74, 6) is 0.515. The predicted octanol–water partition coefficient (Wildman–Crippen LogP) is 3.09. The number of anilines is 3. The van der Waals surface area contributed by atoms with E-state index in [2.05, 4.69) is 16.0 Å². The smallest absolute Gasteiger partial charge is 0.226 e. The molecule has 2 aromatic rings. The van der Waals surface area contributed by atoms with Crippen molar-refractivity contribution < 1.29 is 14.3 Å². The van der Waals surface area contributed by atoms with Gasteiger partial charge in [0, 0.05) is 43.0 Å². The van der Waals surface area contributed by atoms with Crippen LogP contribution in [0.5, 0.6) is 5.75 Å². The van der Waals surface area contributed by atoms with Crippen LogP contribution in [0, 0.1) is 0 Å². The van der Waals surface area contributed by atoms with Crippen LogP contribution >= 0.6 is 0 Å². The first kappa shape index (κ1) is 17.3. The van der Waals surface area contributed by atoms with E-state index in [1.165, 1.54) is 6.92 Å². The predicted molar refractivity (Wildman–Crippen MR) is 95.5 cm³/mol. The number of ether oxygens (including phenoxy) is 1. The van der Waals surface area contributed by atoms with Crippen LogP contribution in [0.25, 0.3) is 0 Å². The number of nitrogens with one attached hydrogen (secondary N) is 3. The molecule has 0 fully saturated rings. The summed E-state index contributed by atoms with van der Waals surface area (Å²) < 4.78 is 5.12. The lowest BCUT2D eigenvalue weighted by Gasteiger charge is -2.09. The minimum absolute atomic E-state index is 0.0781. The fourth-order valence-electron chi connectivity index (χ4n) is 2.12. The minimum Gasteiger partial charge on any atom is -0.497 e. The third-order valence-corrected chi connectivity index (χ3v) is 3.24. The van der Waals surface area contributed by atoms with Gasteiger partial charge in [-0.15, -0.1) is 0 Å². The molecule has 0 aliphatic carbocycles. The van der Waals surface area contributed by atoms with Crippen molar-refractivity contribution in [3.8, 4) is 5.75 Å². The Hall–Kier alpha value is -3.02. The van der Waals surface area contributed by atoms with Crippen LogP contribution in [-0.4, -0.2) is 25.5 Å². The summed E-state index contributed by atoms with van der Waals surface area (Å²) in [5.41, 5.74) is 2.33. The number of benzene rings is 2. The monoisotopic (exact) mass is 327 g/mol. The molecule has 0 heterocycles. The highest BCUT2D eigenvalue weighted by atomic mass is 16.5. The van der Waals surface area contributed by atoms with Crippen LogP contribution in [0.3, 0.4) is 0 Å². The Bertz CT molecular complexity index is 699. The first-order valence-corrected chi connectivity index (χ1v) is 7.62. The second-order valence-electron chi connectivity index (χ2n) is 5.22. The fraction of sp³-hybridized carbons (Fsp3) is 0.222. The van der Waals surface area contributed by atoms with Crippen molar-refractivity contribution >= 4 is 28.9 Å². The lowest BCUT2D eigenvalue weighted by molar-refractivity contribution is -0.116. The standard InChI is InChI=1S/C18H21N3O3/c1-13(22)20-15-8-6-14(7-9-15)19-11-10-18(23)21-16-4-3-5-17(12-16)24-2/h3-9,12,19H,10-11H2,1-2H3,(H,20,22)(H,21,23). The third kappa shape index (κ3) is 5.64. The number of carbonyl (C=O) groups excluding carboxylic acids is 2. The second kappa shape index (κ2) is 8.57. The molecule has 6 heteroatoms. The van der Waals surface area contributed by atoms with E-state index in [-0.39, 0.29) is 11.8 Å². The van der Waals surface area contributed by atoms with Gasteiger partial charge in [0.15, 0.2) is 0 Å². The Labute approximate surface area is 141 Å². The molecule has 0 saturated carbocycles. The second-order valence-corrected chi connectivity index (χ2v) is 5.22. The Kier molecular flexibility index (Phi) is 6.19. The summed E-state index contributed by atoms with van der Waals surface area (Å²) >= 11 is 0. The van der Waals surface area contributed by atoms with Crippen LogP contribution in [0.15, 0.2) is 48.5 Å². The summed E-state index contributed by atoms with van der Waals surface area (Å²) in [6, 6.07) is 14.5. The van der Waals surface area contributed by atoms with Crippen molar-refractivity contribution in [3.63, 3.8) is 0 Å². The number of amides is 2. The van der Waals surface area contributed by atoms with E-state index < -0.39 is 0 Å². The molecular formula is C18H21N3O3. The molecule has 0 saturated heterocycles. The highest BCUT2D eigenvalue weighted by Crippen LogP contribution is 2.17. The van der Waals surface area contributed by atoms with Gasteiger partial charge in [-0.2, -0.15) is 0 Å². The molecular weight excluding hydrogens is 306 g/mol. The van der Waals surface area contributed by atoms with Gasteiger partial charge in [0.1, 0.15) is 5.75 Å². The van der Waals surface area contributed by atoms with Crippen molar-refractivity contribution in [2.45, 2.75) is 13.3 Å². The number of methoxy groups -OCH3 is 1. The maximum Gasteiger partial charge on any atom is 0.226 e. The topological polar surface area (TPSA) is 79.5 Å². The van der Waals surface area contributed by atoms with Gasteiger partial charge in [0.25, 0.3) is 0 Å². The lowest BCUT2D eigenvalue weighted by Crippen LogP contribution is -2.16. The third-order valence-electron chi connectivity index (χ3n) is 3.24. The van der Waals surface area contributed by atoms with Crippen molar-refractivity contribution in [1.29, 1.82) is 0 Å². The summed E-state index contributed by atoms with van der Waals surface area (Å²) in [4.78, 5) is 22.9. The summed E-state index contributed by atoms with van der Waals surface area (Å²) in [6.45, 7) is 1.97. The highest BCUT2D eigenvalue weighted by molar-refractivity contribution is 5.91. The Balaban J connectivity index is 1.76. The average Bonchev–Trinajstić information content (AvgIpc) is 2.56. The van der Waals surface area contributed by atoms with E-state index in [9.17, 15) is 9.59 Å². The zero-order valence-electron chi connectivity index (χ0n) is 13.8. The number of hydrogen-bond acceptors (Lipinski definition) is 4. The van der Waals surface area contributed by atoms with E-state index in [0.717, 1.165) is 11.4 Å². The zero-order valence-corrected chi connectivity index (χ0v) is 13.8. The first-order valence-electron chi connectivity index (χ1n) is 7.62. The van der Waals surface area contributed by atoms with Crippen molar-refractivity contribution in [2.75, 3.05) is 29.6 Å². The molecule has 0 aromatic heterocycles. The molecule has 3 N–H and O–H groups in total. The molecule has 0 bridgehead atoms. The Morgan fingerprint density at radius 3 is 2.33 bits per heavy atom. The maximum absolute atomic E-state index is 11.9. The molecule has 126 valence electrons. The lowest BCUT2D eigenvalue weighted by atomic mass is 10.2. The van der Waals surface area contributed by atoms with Crippen LogP contribution < -0.4 is 20.7 Å². The number of rotatable bonds is 7. The molecule has 24 heavy (non-hydrogen) atoms. The van der Waals surface area contributed by atoms with E-state index in [1.807, 2.05) is 30.3 Å². The average molecular weight is 327 g/mol. The van der Waals surface area contributed by atoms with Crippen molar-refractivity contribution in [1.82, 2.24) is 0 Å². The summed E-state index contributed by atoms with van der Waals surface area (Å²) in [5, 5.41) is 8.70. The molecule has 6 nitrogen and oxygen atoms in total. The first-order chi connectivity index (χ1) is 11.6. The largest absolute Gasteiger partial charge is 0.497 e. The normalized spacial score (nSPS) is 9.92. The Morgan fingerprint density at radius 1 is 0.958 bits per heavy atom. The molecule has 0 aliphatic heterocycles.